The number of nitrogens with zero attached hydrogens (tertiary/aromatic N) is 2. The first-order chi connectivity index (χ1) is 10.6. The average molecular weight is 300 g/mol. The van der Waals surface area contributed by atoms with Gasteiger partial charge in [0.15, 0.2) is 0 Å². The first-order valence-corrected chi connectivity index (χ1v) is 6.29. The monoisotopic (exact) mass is 300 g/mol. The molecule has 22 heavy (non-hydrogen) atoms. The normalized spacial score (nSPS) is 9.82. The summed E-state index contributed by atoms with van der Waals surface area (Å²) in [5.74, 6) is -1.65. The van der Waals surface area contributed by atoms with Crippen molar-refractivity contribution >= 4 is 23.2 Å². The zero-order valence-electron chi connectivity index (χ0n) is 11.4. The average Bonchev–Trinajstić information content (AvgIpc) is 2.54. The maximum Gasteiger partial charge on any atom is 0.313 e. The van der Waals surface area contributed by atoms with Gasteiger partial charge in [0.1, 0.15) is 0 Å². The summed E-state index contributed by atoms with van der Waals surface area (Å²) in [6, 6.07) is 8.67. The van der Waals surface area contributed by atoms with E-state index >= 15 is 0 Å². The molecule has 2 aromatic rings. The van der Waals surface area contributed by atoms with Crippen molar-refractivity contribution in [3.8, 4) is 0 Å². The number of rotatable bonds is 4. The van der Waals surface area contributed by atoms with Crippen molar-refractivity contribution in [2.24, 2.45) is 0 Å². The number of carbonyl (C=O) groups is 2. The number of hydrogen-bond acceptors (Lipinski definition) is 5. The van der Waals surface area contributed by atoms with Crippen molar-refractivity contribution in [1.29, 1.82) is 0 Å². The molecule has 8 heteroatoms. The largest absolute Gasteiger partial charge is 0.344 e. The maximum atomic E-state index is 11.7. The number of pyridine rings is 1. The molecule has 8 nitrogen and oxygen atoms in total. The summed E-state index contributed by atoms with van der Waals surface area (Å²) in [5, 5.41) is 15.3. The predicted molar refractivity (Wildman–Crippen MR) is 77.8 cm³/mol. The minimum atomic E-state index is -0.849. The molecule has 0 radical (unpaired) electrons. The molecule has 112 valence electrons. The molecule has 0 unspecified atom stereocenters. The smallest absolute Gasteiger partial charge is 0.313 e. The summed E-state index contributed by atoms with van der Waals surface area (Å²) in [4.78, 5) is 37.2. The lowest BCUT2D eigenvalue weighted by Gasteiger charge is -2.06. The van der Waals surface area contributed by atoms with Crippen molar-refractivity contribution < 1.29 is 14.5 Å². The lowest BCUT2D eigenvalue weighted by atomic mass is 10.2. The molecule has 0 spiro atoms. The van der Waals surface area contributed by atoms with E-state index in [2.05, 4.69) is 15.6 Å². The second-order valence-corrected chi connectivity index (χ2v) is 4.30. The second-order valence-electron chi connectivity index (χ2n) is 4.30. The summed E-state index contributed by atoms with van der Waals surface area (Å²) in [6.07, 6.45) is 3.18. The molecule has 2 N–H and O–H groups in total. The van der Waals surface area contributed by atoms with E-state index in [1.165, 1.54) is 24.3 Å². The van der Waals surface area contributed by atoms with Crippen molar-refractivity contribution in [3.05, 3.63) is 64.5 Å². The molecule has 0 saturated carbocycles. The van der Waals surface area contributed by atoms with Crippen LogP contribution < -0.4 is 10.6 Å². The highest BCUT2D eigenvalue weighted by molar-refractivity contribution is 6.39. The number of aromatic nitrogens is 1. The Kier molecular flexibility index (Phi) is 4.76. The highest BCUT2D eigenvalue weighted by atomic mass is 16.6. The van der Waals surface area contributed by atoms with Gasteiger partial charge in [-0.1, -0.05) is 6.07 Å². The molecule has 0 saturated heterocycles. The van der Waals surface area contributed by atoms with Crippen LogP contribution in [0.4, 0.5) is 11.4 Å². The van der Waals surface area contributed by atoms with Crippen LogP contribution in [0.15, 0.2) is 48.8 Å². The van der Waals surface area contributed by atoms with Gasteiger partial charge < -0.3 is 10.6 Å². The molecule has 0 aliphatic carbocycles. The van der Waals surface area contributed by atoms with Crippen LogP contribution in [0.1, 0.15) is 5.56 Å². The summed E-state index contributed by atoms with van der Waals surface area (Å²) >= 11 is 0. The number of benzene rings is 1. The fourth-order valence-electron chi connectivity index (χ4n) is 1.62. The number of nitro groups is 1. The summed E-state index contributed by atoms with van der Waals surface area (Å²) in [6.45, 7) is 0.181. The SMILES string of the molecule is O=C(NCc1cccnc1)C(=O)Nc1ccc([N+](=O)[O-])cc1. The molecule has 2 amide bonds. The molecule has 0 fully saturated rings. The predicted octanol–water partition coefficient (Wildman–Crippen LogP) is 1.24. The van der Waals surface area contributed by atoms with Crippen LogP contribution >= 0.6 is 0 Å². The Balaban J connectivity index is 1.88. The third-order valence-corrected chi connectivity index (χ3v) is 2.72. The van der Waals surface area contributed by atoms with Gasteiger partial charge in [0.2, 0.25) is 0 Å². The molecule has 1 aromatic heterocycles. The van der Waals surface area contributed by atoms with Gasteiger partial charge in [-0.05, 0) is 23.8 Å². The third kappa shape index (κ3) is 4.10. The zero-order chi connectivity index (χ0) is 15.9. The van der Waals surface area contributed by atoms with E-state index in [1.807, 2.05) is 0 Å². The van der Waals surface area contributed by atoms with Crippen LogP contribution in [0, 0.1) is 10.1 Å². The number of anilines is 1. The topological polar surface area (TPSA) is 114 Å². The van der Waals surface area contributed by atoms with Crippen LogP contribution in [-0.4, -0.2) is 21.7 Å². The van der Waals surface area contributed by atoms with E-state index in [0.717, 1.165) is 5.56 Å². The quantitative estimate of drug-likeness (QED) is 0.501. The van der Waals surface area contributed by atoms with E-state index in [4.69, 9.17) is 0 Å². The second kappa shape index (κ2) is 6.93. The molecular weight excluding hydrogens is 288 g/mol. The van der Waals surface area contributed by atoms with E-state index < -0.39 is 16.7 Å². The van der Waals surface area contributed by atoms with Gasteiger partial charge in [-0.15, -0.1) is 0 Å². The fourth-order valence-corrected chi connectivity index (χ4v) is 1.62. The number of nitrogens with one attached hydrogen (secondary N) is 2. The van der Waals surface area contributed by atoms with Gasteiger partial charge in [-0.2, -0.15) is 0 Å². The summed E-state index contributed by atoms with van der Waals surface area (Å²) in [7, 11) is 0. The third-order valence-electron chi connectivity index (χ3n) is 2.72. The molecule has 1 aromatic carbocycles. The number of non-ortho nitro benzene ring substituents is 1. The van der Waals surface area contributed by atoms with Crippen molar-refractivity contribution in [1.82, 2.24) is 10.3 Å². The van der Waals surface area contributed by atoms with Gasteiger partial charge >= 0.3 is 11.8 Å². The summed E-state index contributed by atoms with van der Waals surface area (Å²) < 4.78 is 0. The van der Waals surface area contributed by atoms with Gasteiger partial charge in [-0.3, -0.25) is 24.7 Å². The van der Waals surface area contributed by atoms with E-state index in [-0.39, 0.29) is 12.2 Å². The van der Waals surface area contributed by atoms with Crippen molar-refractivity contribution in [2.45, 2.75) is 6.54 Å². The molecule has 0 aliphatic heterocycles. The van der Waals surface area contributed by atoms with Crippen LogP contribution in [0.2, 0.25) is 0 Å². The van der Waals surface area contributed by atoms with Crippen LogP contribution in [0.3, 0.4) is 0 Å². The Labute approximate surface area is 125 Å². The van der Waals surface area contributed by atoms with E-state index in [9.17, 15) is 19.7 Å². The van der Waals surface area contributed by atoms with Gasteiger partial charge in [0, 0.05) is 36.8 Å². The molecule has 0 aliphatic rings. The Morgan fingerprint density at radius 1 is 1.14 bits per heavy atom. The van der Waals surface area contributed by atoms with E-state index in [0.29, 0.717) is 5.69 Å². The van der Waals surface area contributed by atoms with Crippen molar-refractivity contribution in [3.63, 3.8) is 0 Å². The minimum Gasteiger partial charge on any atom is -0.344 e. The van der Waals surface area contributed by atoms with Gasteiger partial charge in [0.25, 0.3) is 5.69 Å². The standard InChI is InChI=1S/C14H12N4O4/c19-13(16-9-10-2-1-7-15-8-10)14(20)17-11-3-5-12(6-4-11)18(21)22/h1-8H,9H2,(H,16,19)(H,17,20). The summed E-state index contributed by atoms with van der Waals surface area (Å²) in [5.41, 5.74) is 0.963. The molecule has 2 rings (SSSR count). The first kappa shape index (κ1) is 15.1. The molecule has 1 heterocycles. The fraction of sp³-hybridized carbons (Fsp3) is 0.0714. The Morgan fingerprint density at radius 3 is 2.45 bits per heavy atom. The highest BCUT2D eigenvalue weighted by Crippen LogP contribution is 2.15. The number of nitro benzene ring substituents is 1. The number of amides is 2. The first-order valence-electron chi connectivity index (χ1n) is 6.29. The van der Waals surface area contributed by atoms with Crippen LogP contribution in [0.25, 0.3) is 0 Å². The zero-order valence-corrected chi connectivity index (χ0v) is 11.4. The number of carbonyl (C=O) groups excluding carboxylic acids is 2. The Bertz CT molecular complexity index is 686. The van der Waals surface area contributed by atoms with Crippen LogP contribution in [-0.2, 0) is 16.1 Å². The Hall–Kier alpha value is -3.29. The molecule has 0 bridgehead atoms. The lowest BCUT2D eigenvalue weighted by Crippen LogP contribution is -2.34. The van der Waals surface area contributed by atoms with Crippen LogP contribution in [0.5, 0.6) is 0 Å². The maximum absolute atomic E-state index is 11.7. The molecular formula is C14H12N4O4. The minimum absolute atomic E-state index is 0.0981. The van der Waals surface area contributed by atoms with Gasteiger partial charge in [-0.25, -0.2) is 0 Å². The lowest BCUT2D eigenvalue weighted by molar-refractivity contribution is -0.384. The number of hydrogen-bond donors (Lipinski definition) is 2. The Morgan fingerprint density at radius 2 is 1.86 bits per heavy atom. The van der Waals surface area contributed by atoms with Crippen molar-refractivity contribution in [2.75, 3.05) is 5.32 Å². The van der Waals surface area contributed by atoms with Gasteiger partial charge in [0.05, 0.1) is 4.92 Å². The molecule has 0 atom stereocenters. The highest BCUT2D eigenvalue weighted by Gasteiger charge is 2.14. The van der Waals surface area contributed by atoms with E-state index in [1.54, 1.807) is 24.5 Å².